The molecule has 4 aliphatic rings. The van der Waals surface area contributed by atoms with Crippen LogP contribution in [0.1, 0.15) is 71.1 Å². The summed E-state index contributed by atoms with van der Waals surface area (Å²) in [6.45, 7) is 6.05. The SMILES string of the molecule is C=C1/C(=C\C=C2/CCCC3(C)C(C4(C/C=C\C(O)(C(F)(F)F)C(F)(F)F)CC4)=CC[C@@H]23)CCCC1F. The van der Waals surface area contributed by atoms with Gasteiger partial charge in [0, 0.05) is 0 Å². The fourth-order valence-corrected chi connectivity index (χ4v) is 6.59. The Hall–Kier alpha value is -1.83. The molecule has 3 fully saturated rings. The molecule has 36 heavy (non-hydrogen) atoms. The van der Waals surface area contributed by atoms with Gasteiger partial charge in [-0.3, -0.25) is 0 Å². The summed E-state index contributed by atoms with van der Waals surface area (Å²) in [7, 11) is 0. The first-order valence-corrected chi connectivity index (χ1v) is 12.6. The van der Waals surface area contributed by atoms with Gasteiger partial charge in [-0.25, -0.2) is 4.39 Å². The largest absolute Gasteiger partial charge is 0.429 e. The van der Waals surface area contributed by atoms with Crippen LogP contribution in [0, 0.1) is 16.7 Å². The highest BCUT2D eigenvalue weighted by molar-refractivity contribution is 5.42. The topological polar surface area (TPSA) is 20.2 Å². The summed E-state index contributed by atoms with van der Waals surface area (Å²) in [4.78, 5) is 0. The maximum Gasteiger partial charge on any atom is 0.429 e. The molecule has 0 aromatic rings. The molecule has 1 N–H and O–H groups in total. The Bertz CT molecular complexity index is 992. The lowest BCUT2D eigenvalue weighted by atomic mass is 9.61. The van der Waals surface area contributed by atoms with Crippen LogP contribution in [0.5, 0.6) is 0 Å². The molecule has 3 saturated carbocycles. The lowest BCUT2D eigenvalue weighted by molar-refractivity contribution is -0.347. The Balaban J connectivity index is 1.53. The van der Waals surface area contributed by atoms with Crippen molar-refractivity contribution < 1.29 is 35.8 Å². The van der Waals surface area contributed by atoms with Crippen molar-refractivity contribution in [2.45, 2.75) is 95.3 Å². The molecule has 0 bridgehead atoms. The fourth-order valence-electron chi connectivity index (χ4n) is 6.59. The van der Waals surface area contributed by atoms with Gasteiger partial charge in [0.2, 0.25) is 0 Å². The summed E-state index contributed by atoms with van der Waals surface area (Å²) in [6.07, 6.45) is 1.24. The first kappa shape index (κ1) is 27.2. The highest BCUT2D eigenvalue weighted by Crippen LogP contribution is 2.67. The van der Waals surface area contributed by atoms with E-state index in [2.05, 4.69) is 25.7 Å². The van der Waals surface area contributed by atoms with Gasteiger partial charge in [-0.2, -0.15) is 26.3 Å². The zero-order valence-electron chi connectivity index (χ0n) is 20.4. The second-order valence-electron chi connectivity index (χ2n) is 11.1. The summed E-state index contributed by atoms with van der Waals surface area (Å²) >= 11 is 0. The molecule has 0 saturated heterocycles. The van der Waals surface area contributed by atoms with E-state index < -0.39 is 29.5 Å². The van der Waals surface area contributed by atoms with Crippen LogP contribution in [0.25, 0.3) is 0 Å². The third kappa shape index (κ3) is 4.63. The van der Waals surface area contributed by atoms with Crippen LogP contribution in [0.15, 0.2) is 59.3 Å². The Kier molecular flexibility index (Phi) is 6.93. The monoisotopic (exact) mass is 518 g/mol. The van der Waals surface area contributed by atoms with Crippen LogP contribution in [0.2, 0.25) is 0 Å². The average Bonchev–Trinajstić information content (AvgIpc) is 3.46. The number of hydrogen-bond acceptors (Lipinski definition) is 1. The molecule has 0 amide bonds. The number of rotatable bonds is 5. The normalized spacial score (nSPS) is 33.4. The van der Waals surface area contributed by atoms with Crippen LogP contribution < -0.4 is 0 Å². The van der Waals surface area contributed by atoms with E-state index in [0.717, 1.165) is 55.7 Å². The van der Waals surface area contributed by atoms with Crippen molar-refractivity contribution >= 4 is 0 Å². The summed E-state index contributed by atoms with van der Waals surface area (Å²) in [5.41, 5.74) is -1.68. The lowest BCUT2D eigenvalue weighted by Gasteiger charge is -2.43. The lowest BCUT2D eigenvalue weighted by Crippen LogP contribution is -2.55. The number of alkyl halides is 7. The maximum atomic E-state index is 14.0. The third-order valence-electron chi connectivity index (χ3n) is 8.90. The van der Waals surface area contributed by atoms with Gasteiger partial charge in [0.1, 0.15) is 6.17 Å². The molecule has 0 aromatic heterocycles. The van der Waals surface area contributed by atoms with Gasteiger partial charge in [0.05, 0.1) is 0 Å². The summed E-state index contributed by atoms with van der Waals surface area (Å²) in [5, 5.41) is 9.45. The standard InChI is InChI=1S/C28H33F7O/c1-18-19(6-3-8-22(18)29)9-10-20-7-4-13-24(2)21(20)11-12-23(24)25(16-17-25)14-5-15-26(36,27(30,31)32)28(33,34)35/h5,9-10,12,15,21-22,36H,1,3-4,6-8,11,13-14,16-17H2,2H3/b15-5-,19-9-,20-10+/t21-,22?,24?/m0/s1. The number of halogens is 7. The molecule has 200 valence electrons. The molecule has 4 aliphatic carbocycles. The molecule has 0 heterocycles. The summed E-state index contributed by atoms with van der Waals surface area (Å²) in [6, 6.07) is 0. The third-order valence-corrected chi connectivity index (χ3v) is 8.90. The molecular weight excluding hydrogens is 485 g/mol. The summed E-state index contributed by atoms with van der Waals surface area (Å²) < 4.78 is 92.3. The van der Waals surface area contributed by atoms with Crippen LogP contribution in [-0.4, -0.2) is 29.2 Å². The predicted octanol–water partition coefficient (Wildman–Crippen LogP) is 8.64. The Morgan fingerprint density at radius 1 is 1.03 bits per heavy atom. The van der Waals surface area contributed by atoms with Gasteiger partial charge in [0.15, 0.2) is 0 Å². The van der Waals surface area contributed by atoms with Crippen LogP contribution >= 0.6 is 0 Å². The van der Waals surface area contributed by atoms with E-state index in [1.807, 2.05) is 6.08 Å². The highest BCUT2D eigenvalue weighted by atomic mass is 19.4. The van der Waals surface area contributed by atoms with Crippen LogP contribution in [0.3, 0.4) is 0 Å². The zero-order valence-corrected chi connectivity index (χ0v) is 20.4. The first-order chi connectivity index (χ1) is 16.6. The van der Waals surface area contributed by atoms with Gasteiger partial charge in [0.25, 0.3) is 5.60 Å². The number of aliphatic hydroxyl groups is 1. The van der Waals surface area contributed by atoms with Crippen molar-refractivity contribution in [3.63, 3.8) is 0 Å². The Morgan fingerprint density at radius 3 is 2.31 bits per heavy atom. The van der Waals surface area contributed by atoms with Gasteiger partial charge >= 0.3 is 12.4 Å². The van der Waals surface area contributed by atoms with Crippen molar-refractivity contribution in [3.05, 3.63) is 59.3 Å². The van der Waals surface area contributed by atoms with Crippen LogP contribution in [-0.2, 0) is 0 Å². The van der Waals surface area contributed by atoms with E-state index in [1.54, 1.807) is 0 Å². The van der Waals surface area contributed by atoms with Crippen molar-refractivity contribution in [1.82, 2.24) is 0 Å². The Labute approximate surface area is 207 Å². The van der Waals surface area contributed by atoms with E-state index >= 15 is 0 Å². The molecule has 0 aliphatic heterocycles. The van der Waals surface area contributed by atoms with Crippen molar-refractivity contribution in [2.24, 2.45) is 16.7 Å². The highest BCUT2D eigenvalue weighted by Gasteiger charge is 2.69. The summed E-state index contributed by atoms with van der Waals surface area (Å²) in [5.74, 6) is 0.208. The van der Waals surface area contributed by atoms with E-state index in [-0.39, 0.29) is 23.8 Å². The minimum Gasteiger partial charge on any atom is -0.370 e. The average molecular weight is 519 g/mol. The zero-order chi connectivity index (χ0) is 26.6. The van der Waals surface area contributed by atoms with Crippen molar-refractivity contribution in [2.75, 3.05) is 0 Å². The number of allylic oxidation sites excluding steroid dienone is 8. The minimum atomic E-state index is -5.86. The van der Waals surface area contributed by atoms with E-state index in [0.29, 0.717) is 24.8 Å². The fraction of sp³-hybridized carbons (Fsp3) is 0.643. The second-order valence-corrected chi connectivity index (χ2v) is 11.1. The predicted molar refractivity (Wildman–Crippen MR) is 125 cm³/mol. The molecular formula is C28H33F7O. The molecule has 0 spiro atoms. The van der Waals surface area contributed by atoms with E-state index in [4.69, 9.17) is 0 Å². The van der Waals surface area contributed by atoms with Crippen molar-refractivity contribution in [1.29, 1.82) is 0 Å². The second kappa shape index (κ2) is 9.17. The molecule has 8 heteroatoms. The van der Waals surface area contributed by atoms with Crippen LogP contribution in [0.4, 0.5) is 30.7 Å². The quantitative estimate of drug-likeness (QED) is 0.285. The maximum absolute atomic E-state index is 14.0. The first-order valence-electron chi connectivity index (χ1n) is 12.6. The van der Waals surface area contributed by atoms with Gasteiger partial charge in [-0.05, 0) is 98.2 Å². The molecule has 3 atom stereocenters. The smallest absolute Gasteiger partial charge is 0.370 e. The molecule has 4 rings (SSSR count). The molecule has 0 aromatic carbocycles. The molecule has 1 nitrogen and oxygen atoms in total. The van der Waals surface area contributed by atoms with Gasteiger partial charge < -0.3 is 5.11 Å². The molecule has 0 radical (unpaired) electrons. The van der Waals surface area contributed by atoms with Gasteiger partial charge in [-0.1, -0.05) is 49.0 Å². The van der Waals surface area contributed by atoms with E-state index in [9.17, 15) is 35.8 Å². The number of hydrogen-bond donors (Lipinski definition) is 1. The van der Waals surface area contributed by atoms with Crippen molar-refractivity contribution in [3.8, 4) is 0 Å². The van der Waals surface area contributed by atoms with Gasteiger partial charge in [-0.15, -0.1) is 0 Å². The Morgan fingerprint density at radius 2 is 1.69 bits per heavy atom. The number of fused-ring (bicyclic) bond motifs is 1. The minimum absolute atomic E-state index is 0.0242. The van der Waals surface area contributed by atoms with E-state index in [1.165, 1.54) is 5.57 Å². The molecule has 2 unspecified atom stereocenters.